The second-order valence-electron chi connectivity index (χ2n) is 8.71. The summed E-state index contributed by atoms with van der Waals surface area (Å²) in [6, 6.07) is 3.62. The first kappa shape index (κ1) is 23.8. The Hall–Kier alpha value is -2.89. The van der Waals surface area contributed by atoms with E-state index in [9.17, 15) is 30.7 Å². The van der Waals surface area contributed by atoms with Gasteiger partial charge in [-0.1, -0.05) is 11.6 Å². The molecule has 2 fully saturated rings. The minimum absolute atomic E-state index is 0.0139. The van der Waals surface area contributed by atoms with Crippen LogP contribution in [0.2, 0.25) is 5.02 Å². The molecule has 1 aromatic carbocycles. The van der Waals surface area contributed by atoms with E-state index in [-0.39, 0.29) is 23.0 Å². The molecule has 35 heavy (non-hydrogen) atoms. The number of anilines is 1. The van der Waals surface area contributed by atoms with Crippen molar-refractivity contribution in [1.29, 1.82) is 0 Å². The number of hydrogen-bond donors (Lipinski definition) is 0. The minimum atomic E-state index is -5.06. The van der Waals surface area contributed by atoms with E-state index in [0.29, 0.717) is 42.7 Å². The van der Waals surface area contributed by atoms with Crippen LogP contribution >= 0.6 is 11.6 Å². The third-order valence-corrected chi connectivity index (χ3v) is 6.84. The molecule has 3 aromatic rings. The molecule has 2 bridgehead atoms. The Morgan fingerprint density at radius 1 is 0.971 bits per heavy atom. The number of benzene rings is 1. The van der Waals surface area contributed by atoms with Crippen LogP contribution in [0.15, 0.2) is 30.3 Å². The van der Waals surface area contributed by atoms with Crippen LogP contribution < -0.4 is 4.90 Å². The van der Waals surface area contributed by atoms with Gasteiger partial charge in [0.25, 0.3) is 0 Å². The van der Waals surface area contributed by atoms with Gasteiger partial charge in [-0.3, -0.25) is 4.57 Å². The molecule has 3 atom stereocenters. The van der Waals surface area contributed by atoms with E-state index in [1.165, 1.54) is 17.0 Å². The van der Waals surface area contributed by atoms with Gasteiger partial charge in [-0.15, -0.1) is 10.2 Å². The normalized spacial score (nSPS) is 22.3. The lowest BCUT2D eigenvalue weighted by Gasteiger charge is -2.36. The number of rotatable bonds is 3. The molecule has 5 nitrogen and oxygen atoms in total. The average molecular weight is 520 g/mol. The Labute approximate surface area is 199 Å². The van der Waals surface area contributed by atoms with Gasteiger partial charge < -0.3 is 4.90 Å². The first-order chi connectivity index (χ1) is 16.3. The number of alkyl halides is 6. The number of aromatic nitrogens is 4. The molecule has 186 valence electrons. The maximum absolute atomic E-state index is 13.7. The molecule has 0 radical (unpaired) electrons. The zero-order valence-electron chi connectivity index (χ0n) is 18.0. The lowest BCUT2D eigenvalue weighted by atomic mass is 9.97. The Bertz CT molecular complexity index is 1250. The average Bonchev–Trinajstić information content (AvgIpc) is 3.48. The number of hydrogen-bond acceptors (Lipinski definition) is 4. The van der Waals surface area contributed by atoms with Gasteiger partial charge in [0.05, 0.1) is 22.3 Å². The largest absolute Gasteiger partial charge is 0.433 e. The summed E-state index contributed by atoms with van der Waals surface area (Å²) in [4.78, 5) is 5.09. The van der Waals surface area contributed by atoms with Gasteiger partial charge in [0.2, 0.25) is 0 Å². The summed E-state index contributed by atoms with van der Waals surface area (Å²) < 4.78 is 96.3. The molecule has 1 saturated heterocycles. The number of halogens is 8. The topological polar surface area (TPSA) is 46.8 Å². The summed E-state index contributed by atoms with van der Waals surface area (Å²) in [5, 5.41) is 8.16. The van der Waals surface area contributed by atoms with E-state index < -0.39 is 41.3 Å². The van der Waals surface area contributed by atoms with Crippen LogP contribution in [0, 0.1) is 18.7 Å². The van der Waals surface area contributed by atoms with Crippen LogP contribution in [0.1, 0.15) is 48.2 Å². The fourth-order valence-corrected chi connectivity index (χ4v) is 5.30. The fourth-order valence-electron chi connectivity index (χ4n) is 5.12. The SMILES string of the molecule is Cc1nnc([C@@H]2[C@H]3CC[C@H](C3)N2c2cc(C(F)(F)F)cc(C(F)(F)F)n2)n1-c1ccc(F)c(Cl)c1. The van der Waals surface area contributed by atoms with Crippen molar-refractivity contribution in [2.75, 3.05) is 4.90 Å². The van der Waals surface area contributed by atoms with Crippen molar-refractivity contribution >= 4 is 17.4 Å². The van der Waals surface area contributed by atoms with Crippen LogP contribution in [0.25, 0.3) is 5.69 Å². The van der Waals surface area contributed by atoms with E-state index >= 15 is 0 Å². The molecule has 0 N–H and O–H groups in total. The summed E-state index contributed by atoms with van der Waals surface area (Å²) in [6.45, 7) is 1.63. The third kappa shape index (κ3) is 4.11. The van der Waals surface area contributed by atoms with Crippen molar-refractivity contribution in [3.8, 4) is 5.69 Å². The molecular weight excluding hydrogens is 503 g/mol. The summed E-state index contributed by atoms with van der Waals surface area (Å²) in [5.74, 6) is -0.446. The molecule has 1 aliphatic carbocycles. The van der Waals surface area contributed by atoms with Gasteiger partial charge in [0.1, 0.15) is 23.2 Å². The Morgan fingerprint density at radius 2 is 1.71 bits per heavy atom. The first-order valence-corrected chi connectivity index (χ1v) is 11.0. The number of pyridine rings is 1. The Morgan fingerprint density at radius 3 is 2.37 bits per heavy atom. The number of nitrogens with zero attached hydrogens (tertiary/aromatic N) is 5. The maximum Gasteiger partial charge on any atom is 0.433 e. The molecule has 1 saturated carbocycles. The highest BCUT2D eigenvalue weighted by Crippen LogP contribution is 2.52. The summed E-state index contributed by atoms with van der Waals surface area (Å²) >= 11 is 5.94. The highest BCUT2D eigenvalue weighted by Gasteiger charge is 2.50. The lowest BCUT2D eigenvalue weighted by Crippen LogP contribution is -2.37. The van der Waals surface area contributed by atoms with Crippen LogP contribution in [0.4, 0.5) is 36.6 Å². The molecular formula is C22H17ClF7N5. The molecule has 2 aliphatic rings. The molecule has 1 aliphatic heterocycles. The minimum Gasteiger partial charge on any atom is -0.343 e. The molecule has 3 heterocycles. The summed E-state index contributed by atoms with van der Waals surface area (Å²) in [6.07, 6.45) is -8.19. The maximum atomic E-state index is 13.7. The van der Waals surface area contributed by atoms with Gasteiger partial charge >= 0.3 is 12.4 Å². The van der Waals surface area contributed by atoms with E-state index in [1.807, 2.05) is 0 Å². The van der Waals surface area contributed by atoms with Gasteiger partial charge in [-0.25, -0.2) is 9.37 Å². The fraction of sp³-hybridized carbons (Fsp3) is 0.409. The molecule has 0 amide bonds. The van der Waals surface area contributed by atoms with Crippen molar-refractivity contribution in [1.82, 2.24) is 19.7 Å². The molecule has 0 unspecified atom stereocenters. The highest BCUT2D eigenvalue weighted by atomic mass is 35.5. The van der Waals surface area contributed by atoms with Crippen molar-refractivity contribution in [3.63, 3.8) is 0 Å². The Kier molecular flexibility index (Phi) is 5.50. The monoisotopic (exact) mass is 519 g/mol. The van der Waals surface area contributed by atoms with Gasteiger partial charge in [-0.05, 0) is 62.4 Å². The van der Waals surface area contributed by atoms with Crippen LogP contribution in [-0.4, -0.2) is 25.8 Å². The predicted octanol–water partition coefficient (Wildman–Crippen LogP) is 6.53. The third-order valence-electron chi connectivity index (χ3n) is 6.56. The van der Waals surface area contributed by atoms with Gasteiger partial charge in [-0.2, -0.15) is 26.3 Å². The zero-order chi connectivity index (χ0) is 25.3. The van der Waals surface area contributed by atoms with E-state index in [2.05, 4.69) is 15.2 Å². The lowest BCUT2D eigenvalue weighted by molar-refractivity contribution is -0.145. The summed E-state index contributed by atoms with van der Waals surface area (Å²) in [7, 11) is 0. The molecule has 13 heteroatoms. The standard InChI is InChI=1S/C22H17ClF7N5/c1-10-32-33-20(34(10)14-4-5-16(24)15(23)9-14)19-11-2-3-13(6-11)35(19)18-8-12(21(25,26)27)7-17(31-18)22(28,29)30/h4-5,7-9,11,13,19H,2-3,6H2,1H3/t11-,13+,19-/m0/s1. The van der Waals surface area contributed by atoms with Crippen LogP contribution in [0.5, 0.6) is 0 Å². The second kappa shape index (κ2) is 8.07. The van der Waals surface area contributed by atoms with E-state index in [0.717, 1.165) is 6.07 Å². The number of fused-ring (bicyclic) bond motifs is 2. The van der Waals surface area contributed by atoms with E-state index in [4.69, 9.17) is 11.6 Å². The smallest absolute Gasteiger partial charge is 0.343 e. The quantitative estimate of drug-likeness (QED) is 0.369. The van der Waals surface area contributed by atoms with Crippen molar-refractivity contribution < 1.29 is 30.7 Å². The predicted molar refractivity (Wildman–Crippen MR) is 112 cm³/mol. The number of piperidine rings is 1. The molecule has 0 spiro atoms. The van der Waals surface area contributed by atoms with Crippen LogP contribution in [-0.2, 0) is 12.4 Å². The summed E-state index contributed by atoms with van der Waals surface area (Å²) in [5.41, 5.74) is -2.63. The Balaban J connectivity index is 1.66. The zero-order valence-corrected chi connectivity index (χ0v) is 18.8. The van der Waals surface area contributed by atoms with Crippen molar-refractivity contribution in [2.45, 2.75) is 50.6 Å². The highest BCUT2D eigenvalue weighted by molar-refractivity contribution is 6.30. The van der Waals surface area contributed by atoms with Crippen molar-refractivity contribution in [2.24, 2.45) is 5.92 Å². The number of aryl methyl sites for hydroxylation is 1. The van der Waals surface area contributed by atoms with Crippen molar-refractivity contribution in [3.05, 3.63) is 64.1 Å². The van der Waals surface area contributed by atoms with Crippen LogP contribution in [0.3, 0.4) is 0 Å². The van der Waals surface area contributed by atoms with Gasteiger partial charge in [0.15, 0.2) is 5.82 Å². The first-order valence-electron chi connectivity index (χ1n) is 10.7. The molecule has 2 aromatic heterocycles. The second-order valence-corrected chi connectivity index (χ2v) is 9.12. The van der Waals surface area contributed by atoms with Gasteiger partial charge in [0, 0.05) is 6.04 Å². The van der Waals surface area contributed by atoms with E-state index in [1.54, 1.807) is 11.5 Å². The molecule has 5 rings (SSSR count).